The van der Waals surface area contributed by atoms with Crippen LogP contribution < -0.4 is 4.90 Å². The number of halogens is 6. The molecule has 0 spiro atoms. The lowest BCUT2D eigenvalue weighted by Crippen LogP contribution is -2.23. The quantitative estimate of drug-likeness (QED) is 0.365. The highest BCUT2D eigenvalue weighted by molar-refractivity contribution is 7.14. The molecular formula is C19H14F6N4O3S. The predicted molar refractivity (Wildman–Crippen MR) is 103 cm³/mol. The van der Waals surface area contributed by atoms with E-state index >= 15 is 0 Å². The Morgan fingerprint density at radius 3 is 2.45 bits per heavy atom. The molecule has 0 bridgehead atoms. The molecular weight excluding hydrogens is 478 g/mol. The number of carbonyl (C=O) groups is 2. The Hall–Kier alpha value is -3.42. The van der Waals surface area contributed by atoms with Crippen LogP contribution in [-0.2, 0) is 39.8 Å². The molecule has 0 saturated carbocycles. The van der Waals surface area contributed by atoms with Gasteiger partial charge in [-0.15, -0.1) is 11.3 Å². The zero-order valence-corrected chi connectivity index (χ0v) is 17.5. The van der Waals surface area contributed by atoms with Crippen LogP contribution in [0.4, 0.5) is 37.2 Å². The SMILES string of the molecule is CC(=O)N(c1cccc(C(F)(F)F)c1)c1nc(COC(=O)Cn2ccc(C(F)(F)F)n2)cs1. The third kappa shape index (κ3) is 6.09. The standard InChI is InChI=1S/C19H14F6N4O3S/c1-11(30)29(14-4-2-3-12(7-14)18(20,21)22)17-26-13(10-33-17)9-32-16(31)8-28-6-5-15(27-28)19(23,24)25/h2-7,10H,8-9H2,1H3. The van der Waals surface area contributed by atoms with E-state index in [1.54, 1.807) is 0 Å². The summed E-state index contributed by atoms with van der Waals surface area (Å²) in [5, 5.41) is 4.72. The first kappa shape index (κ1) is 24.2. The number of rotatable bonds is 6. The summed E-state index contributed by atoms with van der Waals surface area (Å²) < 4.78 is 82.4. The first-order valence-corrected chi connectivity index (χ1v) is 9.91. The van der Waals surface area contributed by atoms with E-state index in [4.69, 9.17) is 4.74 Å². The van der Waals surface area contributed by atoms with Crippen molar-refractivity contribution in [3.63, 3.8) is 0 Å². The van der Waals surface area contributed by atoms with Gasteiger partial charge in [0.1, 0.15) is 13.2 Å². The van der Waals surface area contributed by atoms with Crippen LogP contribution in [0.3, 0.4) is 0 Å². The number of hydrogen-bond acceptors (Lipinski definition) is 6. The van der Waals surface area contributed by atoms with E-state index < -0.39 is 42.0 Å². The van der Waals surface area contributed by atoms with Crippen molar-refractivity contribution in [3.05, 3.63) is 58.9 Å². The first-order chi connectivity index (χ1) is 15.3. The van der Waals surface area contributed by atoms with Crippen molar-refractivity contribution in [1.82, 2.24) is 14.8 Å². The average Bonchev–Trinajstić information content (AvgIpc) is 3.35. The normalized spacial score (nSPS) is 12.0. The van der Waals surface area contributed by atoms with Crippen LogP contribution >= 0.6 is 11.3 Å². The van der Waals surface area contributed by atoms with Crippen molar-refractivity contribution in [2.24, 2.45) is 0 Å². The summed E-state index contributed by atoms with van der Waals surface area (Å²) in [7, 11) is 0. The van der Waals surface area contributed by atoms with Gasteiger partial charge < -0.3 is 4.74 Å². The lowest BCUT2D eigenvalue weighted by Gasteiger charge is -2.19. The number of amides is 1. The second-order valence-corrected chi connectivity index (χ2v) is 7.42. The Balaban J connectivity index is 1.67. The molecule has 0 atom stereocenters. The predicted octanol–water partition coefficient (Wildman–Crippen LogP) is 4.81. The Bertz CT molecular complexity index is 1150. The Kier molecular flexibility index (Phi) is 6.76. The van der Waals surface area contributed by atoms with Gasteiger partial charge in [0.15, 0.2) is 10.8 Å². The van der Waals surface area contributed by atoms with Gasteiger partial charge in [-0.3, -0.25) is 19.2 Å². The molecule has 1 amide bonds. The third-order valence-corrected chi connectivity index (χ3v) is 4.96. The molecule has 3 rings (SSSR count). The molecule has 0 unspecified atom stereocenters. The minimum Gasteiger partial charge on any atom is -0.458 e. The van der Waals surface area contributed by atoms with Gasteiger partial charge in [-0.05, 0) is 24.3 Å². The third-order valence-electron chi connectivity index (χ3n) is 4.08. The van der Waals surface area contributed by atoms with Crippen LogP contribution in [-0.4, -0.2) is 26.6 Å². The topological polar surface area (TPSA) is 77.3 Å². The Morgan fingerprint density at radius 2 is 1.85 bits per heavy atom. The minimum atomic E-state index is -4.64. The fourth-order valence-electron chi connectivity index (χ4n) is 2.65. The lowest BCUT2D eigenvalue weighted by molar-refractivity contribution is -0.147. The number of thiazole rings is 1. The van der Waals surface area contributed by atoms with Crippen LogP contribution in [0.15, 0.2) is 41.9 Å². The number of hydrogen-bond donors (Lipinski definition) is 0. The van der Waals surface area contributed by atoms with Gasteiger partial charge in [0.2, 0.25) is 5.91 Å². The molecule has 0 saturated heterocycles. The van der Waals surface area contributed by atoms with Gasteiger partial charge in [0.05, 0.1) is 16.9 Å². The van der Waals surface area contributed by atoms with Gasteiger partial charge in [-0.2, -0.15) is 31.4 Å². The summed E-state index contributed by atoms with van der Waals surface area (Å²) in [4.78, 5) is 29.1. The number of esters is 1. The second kappa shape index (κ2) is 9.21. The summed E-state index contributed by atoms with van der Waals surface area (Å²) in [6.07, 6.45) is -8.27. The van der Waals surface area contributed by atoms with Crippen molar-refractivity contribution in [1.29, 1.82) is 0 Å². The minimum absolute atomic E-state index is 0.0469. The highest BCUT2D eigenvalue weighted by Crippen LogP contribution is 2.35. The number of carbonyl (C=O) groups excluding carboxylic acids is 2. The summed E-state index contributed by atoms with van der Waals surface area (Å²) in [5.74, 6) is -1.48. The Labute approximate surface area is 186 Å². The molecule has 1 aromatic carbocycles. The number of alkyl halides is 6. The van der Waals surface area contributed by atoms with Crippen molar-refractivity contribution < 1.29 is 40.7 Å². The number of nitrogens with zero attached hydrogens (tertiary/aromatic N) is 4. The van der Waals surface area contributed by atoms with Gasteiger partial charge in [-0.1, -0.05) is 6.07 Å². The maximum atomic E-state index is 13.0. The molecule has 0 radical (unpaired) electrons. The summed E-state index contributed by atoms with van der Waals surface area (Å²) >= 11 is 0.935. The molecule has 14 heteroatoms. The molecule has 7 nitrogen and oxygen atoms in total. The van der Waals surface area contributed by atoms with Crippen molar-refractivity contribution >= 4 is 34.0 Å². The maximum Gasteiger partial charge on any atom is 0.435 e. The van der Waals surface area contributed by atoms with E-state index in [2.05, 4.69) is 10.1 Å². The van der Waals surface area contributed by atoms with Crippen LogP contribution in [0.25, 0.3) is 0 Å². The molecule has 0 aliphatic carbocycles. The maximum absolute atomic E-state index is 13.0. The largest absolute Gasteiger partial charge is 0.458 e. The summed E-state index contributed by atoms with van der Waals surface area (Å²) in [6.45, 7) is 0.217. The fraction of sp³-hybridized carbons (Fsp3) is 0.263. The molecule has 2 aromatic heterocycles. The molecule has 3 aromatic rings. The average molecular weight is 492 g/mol. The van der Waals surface area contributed by atoms with Gasteiger partial charge in [-0.25, -0.2) is 4.98 Å². The fourth-order valence-corrected chi connectivity index (χ4v) is 3.52. The van der Waals surface area contributed by atoms with Gasteiger partial charge in [0, 0.05) is 18.5 Å². The van der Waals surface area contributed by atoms with Crippen molar-refractivity contribution in [2.75, 3.05) is 4.90 Å². The second-order valence-electron chi connectivity index (χ2n) is 6.58. The monoisotopic (exact) mass is 492 g/mol. The Morgan fingerprint density at radius 1 is 1.12 bits per heavy atom. The highest BCUT2D eigenvalue weighted by atomic mass is 32.1. The summed E-state index contributed by atoms with van der Waals surface area (Å²) in [6, 6.07) is 4.86. The molecule has 0 aliphatic rings. The zero-order chi connectivity index (χ0) is 24.4. The first-order valence-electron chi connectivity index (χ1n) is 9.03. The molecule has 2 heterocycles. The molecule has 33 heavy (non-hydrogen) atoms. The lowest BCUT2D eigenvalue weighted by atomic mass is 10.2. The number of anilines is 2. The zero-order valence-electron chi connectivity index (χ0n) is 16.6. The van der Waals surface area contributed by atoms with E-state index in [0.717, 1.165) is 52.2 Å². The van der Waals surface area contributed by atoms with Crippen LogP contribution in [0, 0.1) is 0 Å². The van der Waals surface area contributed by atoms with E-state index in [-0.39, 0.29) is 23.1 Å². The highest BCUT2D eigenvalue weighted by Gasteiger charge is 2.34. The molecule has 176 valence electrons. The van der Waals surface area contributed by atoms with E-state index in [0.29, 0.717) is 6.07 Å². The molecule has 0 fully saturated rings. The van der Waals surface area contributed by atoms with E-state index in [1.165, 1.54) is 11.4 Å². The number of benzene rings is 1. The van der Waals surface area contributed by atoms with Crippen LogP contribution in [0.1, 0.15) is 23.9 Å². The van der Waals surface area contributed by atoms with Crippen LogP contribution in [0.2, 0.25) is 0 Å². The van der Waals surface area contributed by atoms with E-state index in [9.17, 15) is 35.9 Å². The summed E-state index contributed by atoms with van der Waals surface area (Å²) in [5.41, 5.74) is -1.95. The van der Waals surface area contributed by atoms with Crippen molar-refractivity contribution in [2.45, 2.75) is 32.4 Å². The van der Waals surface area contributed by atoms with Gasteiger partial charge in [0.25, 0.3) is 0 Å². The number of aromatic nitrogens is 3. The smallest absolute Gasteiger partial charge is 0.435 e. The van der Waals surface area contributed by atoms with Gasteiger partial charge >= 0.3 is 18.3 Å². The van der Waals surface area contributed by atoms with Crippen molar-refractivity contribution in [3.8, 4) is 0 Å². The number of ether oxygens (including phenoxy) is 1. The molecule has 0 N–H and O–H groups in total. The van der Waals surface area contributed by atoms with Crippen LogP contribution in [0.5, 0.6) is 0 Å². The van der Waals surface area contributed by atoms with E-state index in [1.807, 2.05) is 0 Å². The molecule has 0 aliphatic heterocycles.